The van der Waals surface area contributed by atoms with E-state index < -0.39 is 270 Å². The highest BCUT2D eigenvalue weighted by molar-refractivity contribution is 7.87. The molecule has 0 amide bonds. The molecule has 4 unspecified atom stereocenters. The Kier molecular flexibility index (Phi) is 29.4. The lowest BCUT2D eigenvalue weighted by molar-refractivity contribution is -0.130. The summed E-state index contributed by atoms with van der Waals surface area (Å²) >= 11 is 0. The van der Waals surface area contributed by atoms with Crippen molar-refractivity contribution in [2.24, 2.45) is 25.9 Å². The third-order valence-electron chi connectivity index (χ3n) is 23.7. The number of benzene rings is 8. The first-order chi connectivity index (χ1) is 70.2. The number of Topliss-reactive ketones (excluding diaryl/α,β-unsaturated/α-hetero) is 2. The molecule has 16 rings (SSSR count). The number of allylic oxidation sites excluding steroid dienone is 8. The third kappa shape index (κ3) is 21.9. The summed E-state index contributed by atoms with van der Waals surface area (Å²) in [5.74, 6) is -15.9. The number of aryl methyl sites for hydroxylation is 2. The quantitative estimate of drug-likeness (QED) is 0.00327. The zero-order valence-electron chi connectivity index (χ0n) is 77.8. The SMILES string of the molecule is COC(=O)c1cc(COC=O)cc(Oc2nc(NCCNc3nc(Nc4cc(Nc5ccc6c7c5C(=O)C5C=CC=CC5c7c(C(=O)c5cccc(CS(=O)(=O)O)c5)c(=O)n6C)c(CS(=O)(=O)O)cc4S(=O)(=O)OC)nc(Oc4cc(COC=O)cc(C(=O)OC)c4)n3)nc(Nc3cc(Nc4ccc5c6c4C(=O)C4C=CC=CC4c6c(C(=O)c4cccc(S(=O)(=O)OC)c4)c(=O)n5C)c(S(=O)(=O)OC)cc3CS(=O)(=O)O)n2)c1. The van der Waals surface area contributed by atoms with E-state index in [4.69, 9.17) is 41.0 Å². The van der Waals surface area contributed by atoms with E-state index in [1.165, 1.54) is 123 Å². The molecule has 0 fully saturated rings. The molecule has 0 bridgehead atoms. The first kappa shape index (κ1) is 104. The van der Waals surface area contributed by atoms with Gasteiger partial charge < -0.3 is 69.5 Å². The zero-order chi connectivity index (χ0) is 106. The average molecular weight is 2140 g/mol. The standard InChI is InChI=1S/C94H80N14O34S6/c1-107-69-24-22-63(75-77(69)73(59-18-8-10-20-61(59)83(75)113)79(85(107)115)81(111)50-15-12-14-47(28-50)42-143(119,120)121)97-65-38-68(72(148(132,133)138-7)36-54(65)43-144(122,123)124)100-92-102-90(104-94(106-92)142-57-32-49(41-140-46-110)30-53(34-57)88(118)135-4)96-27-26-95-89-101-91(105-93(103-89)141-56-31-48(40-139-45-109)29-52(33-56)87(117)134-3)99-66-39-67(71(147(130,131)137-6)37-55(66)44-145(125,126)127)98-64-23-25-70-78-74(60-19-9-11-21-62(60)84(114)76(64)78)80(86(116)108(70)2)82(112)51-16-13-17-58(35-51)146(128,129)136-5/h8-25,28-39,45-46,59-62,97-98H,26-27,40-44H2,1-7H3,(H,119,120,121)(H,122,123,124)(H,125,126,127)(H2,95,99,101,103,105)(H2,96,100,102,104,106). The topological polar surface area (TPSA) is 679 Å². The molecule has 4 aliphatic rings. The number of pyridine rings is 2. The van der Waals surface area contributed by atoms with E-state index in [0.29, 0.717) is 0 Å². The molecule has 9 N–H and O–H groups in total. The zero-order valence-corrected chi connectivity index (χ0v) is 82.7. The van der Waals surface area contributed by atoms with E-state index in [-0.39, 0.29) is 119 Å². The van der Waals surface area contributed by atoms with Gasteiger partial charge in [-0.25, -0.2) is 9.59 Å². The molecule has 8 aromatic carbocycles. The molecule has 0 saturated heterocycles. The van der Waals surface area contributed by atoms with Crippen molar-refractivity contribution in [1.82, 2.24) is 39.0 Å². The average Bonchev–Trinajstić information content (AvgIpc) is 0.706. The summed E-state index contributed by atoms with van der Waals surface area (Å²) < 4.78 is 241. The van der Waals surface area contributed by atoms with Crippen molar-refractivity contribution in [1.29, 1.82) is 0 Å². The lowest BCUT2D eigenvalue weighted by atomic mass is 9.70. The van der Waals surface area contributed by atoms with E-state index in [2.05, 4.69) is 61.8 Å². The summed E-state index contributed by atoms with van der Waals surface area (Å²) in [6.45, 7) is -1.50. The van der Waals surface area contributed by atoms with Gasteiger partial charge in [0.15, 0.2) is 23.1 Å². The summed E-state index contributed by atoms with van der Waals surface area (Å²) in [4.78, 5) is 164. The number of nitrogens with one attached hydrogen (secondary N) is 6. The van der Waals surface area contributed by atoms with Gasteiger partial charge in [0.1, 0.15) is 51.8 Å². The van der Waals surface area contributed by atoms with Gasteiger partial charge >= 0.3 is 24.0 Å². The van der Waals surface area contributed by atoms with Crippen molar-refractivity contribution >= 4 is 188 Å². The van der Waals surface area contributed by atoms with Gasteiger partial charge in [0, 0.05) is 72.3 Å². The molecule has 48 nitrogen and oxygen atoms in total. The van der Waals surface area contributed by atoms with Crippen LogP contribution in [0.5, 0.6) is 23.5 Å². The Morgan fingerprint density at radius 3 is 1.20 bits per heavy atom. The number of hydrogen-bond donors (Lipinski definition) is 9. The summed E-state index contributed by atoms with van der Waals surface area (Å²) in [5, 5.41) is 17.4. The van der Waals surface area contributed by atoms with Gasteiger partial charge in [0.05, 0.1) is 119 Å². The molecule has 0 spiro atoms. The highest BCUT2D eigenvalue weighted by Gasteiger charge is 2.45. The number of rotatable bonds is 41. The predicted octanol–water partition coefficient (Wildman–Crippen LogP) is 9.44. The third-order valence-corrected chi connectivity index (χ3v) is 29.6. The van der Waals surface area contributed by atoms with Crippen molar-refractivity contribution in [3.63, 3.8) is 0 Å². The van der Waals surface area contributed by atoms with Gasteiger partial charge in [-0.2, -0.15) is 80.4 Å². The number of esters is 2. The molecular weight excluding hydrogens is 2060 g/mol. The van der Waals surface area contributed by atoms with E-state index in [9.17, 15) is 92.9 Å². The molecule has 148 heavy (non-hydrogen) atoms. The minimum Gasteiger partial charge on any atom is -0.465 e. The maximum Gasteiger partial charge on any atom is 0.337 e. The van der Waals surface area contributed by atoms with Gasteiger partial charge in [-0.15, -0.1) is 0 Å². The van der Waals surface area contributed by atoms with Crippen LogP contribution in [0, 0.1) is 11.8 Å². The normalized spacial score (nSPS) is 15.1. The number of ether oxygens (including phenoxy) is 6. The second-order valence-electron chi connectivity index (χ2n) is 33.0. The van der Waals surface area contributed by atoms with Crippen molar-refractivity contribution in [2.45, 2.75) is 57.0 Å². The molecular formula is C94H80N14O34S6. The van der Waals surface area contributed by atoms with Crippen molar-refractivity contribution in [3.05, 3.63) is 286 Å². The molecule has 4 aliphatic carbocycles. The Hall–Kier alpha value is -16.4. The molecule has 0 radical (unpaired) electrons. The summed E-state index contributed by atoms with van der Waals surface area (Å²) in [5.41, 5.74) is -6.96. The van der Waals surface area contributed by atoms with E-state index in [1.807, 2.05) is 0 Å². The fourth-order valence-electron chi connectivity index (χ4n) is 17.3. The second kappa shape index (κ2) is 41.6. The number of carbonyl (C=O) groups is 8. The first-order valence-corrected chi connectivity index (χ1v) is 52.3. The maximum atomic E-state index is 15.4. The Labute approximate surface area is 838 Å². The van der Waals surface area contributed by atoms with Gasteiger partial charge in [-0.3, -0.25) is 64.6 Å². The number of aromatic nitrogens is 8. The lowest BCUT2D eigenvalue weighted by Gasteiger charge is -2.33. The molecule has 766 valence electrons. The van der Waals surface area contributed by atoms with Crippen LogP contribution in [-0.4, -0.2) is 200 Å². The number of nitrogens with zero attached hydrogens (tertiary/aromatic N) is 8. The highest BCUT2D eigenvalue weighted by atomic mass is 32.2. The molecule has 4 aromatic heterocycles. The summed E-state index contributed by atoms with van der Waals surface area (Å²) in [7, 11) is -22.5. The van der Waals surface area contributed by atoms with Crippen molar-refractivity contribution in [2.75, 3.05) is 80.5 Å². The number of ketones is 4. The molecule has 4 atom stereocenters. The molecule has 12 aromatic rings. The monoisotopic (exact) mass is 2140 g/mol. The van der Waals surface area contributed by atoms with Crippen LogP contribution in [0.1, 0.15) is 124 Å². The van der Waals surface area contributed by atoms with Gasteiger partial charge in [0.2, 0.25) is 23.8 Å². The smallest absolute Gasteiger partial charge is 0.337 e. The lowest BCUT2D eigenvalue weighted by Crippen LogP contribution is -2.35. The summed E-state index contributed by atoms with van der Waals surface area (Å²) in [6, 6.07) is 24.8. The van der Waals surface area contributed by atoms with Crippen LogP contribution in [0.4, 0.5) is 57.9 Å². The van der Waals surface area contributed by atoms with Crippen LogP contribution in [0.25, 0.3) is 21.8 Å². The Bertz CT molecular complexity index is 8720. The number of carbonyl (C=O) groups excluding carboxylic acids is 8. The Balaban J connectivity index is 0.799. The van der Waals surface area contributed by atoms with Gasteiger partial charge in [-0.05, 0) is 142 Å². The van der Waals surface area contributed by atoms with Crippen LogP contribution in [0.15, 0.2) is 206 Å². The van der Waals surface area contributed by atoms with E-state index in [1.54, 1.807) is 24.3 Å². The van der Waals surface area contributed by atoms with Crippen LogP contribution in [0.3, 0.4) is 0 Å². The number of methoxy groups -OCH3 is 2. The first-order valence-electron chi connectivity index (χ1n) is 43.3. The van der Waals surface area contributed by atoms with Crippen LogP contribution in [0.2, 0.25) is 0 Å². The summed E-state index contributed by atoms with van der Waals surface area (Å²) in [6.07, 6.45) is 12.4. The van der Waals surface area contributed by atoms with Crippen LogP contribution >= 0.6 is 0 Å². The maximum absolute atomic E-state index is 15.4. The van der Waals surface area contributed by atoms with Gasteiger partial charge in [0.25, 0.3) is 84.8 Å². The van der Waals surface area contributed by atoms with Crippen molar-refractivity contribution in [3.8, 4) is 23.5 Å². The predicted molar refractivity (Wildman–Crippen MR) is 524 cm³/mol. The number of fused-ring (bicyclic) bond motifs is 4. The van der Waals surface area contributed by atoms with E-state index in [0.717, 1.165) is 93.2 Å². The Morgan fingerprint density at radius 2 is 0.784 bits per heavy atom. The van der Waals surface area contributed by atoms with Crippen LogP contribution < -0.4 is 52.5 Å². The van der Waals surface area contributed by atoms with Crippen molar-refractivity contribution < 1.29 is 143 Å². The molecule has 0 saturated carbocycles. The number of hydrogen-bond acceptors (Lipinski definition) is 43. The fraction of sp³-hybridized carbons (Fsp3) is 0.191. The second-order valence-corrected chi connectivity index (χ2v) is 42.4. The number of anilines is 10. The molecule has 54 heteroatoms. The minimum atomic E-state index is -5.22. The minimum absolute atomic E-state index is 0.0000465. The molecule has 0 aliphatic heterocycles. The molecule has 4 heterocycles. The largest absolute Gasteiger partial charge is 0.465 e. The fourth-order valence-corrected chi connectivity index (χ4v) is 21.6. The highest BCUT2D eigenvalue weighted by Crippen LogP contribution is 2.51. The van der Waals surface area contributed by atoms with Crippen LogP contribution in [-0.2, 0) is 146 Å². The van der Waals surface area contributed by atoms with Gasteiger partial charge in [-0.1, -0.05) is 78.9 Å². The van der Waals surface area contributed by atoms with E-state index >= 15 is 19.2 Å². The Morgan fingerprint density at radius 1 is 0.399 bits per heavy atom.